The second kappa shape index (κ2) is 10.7. The van der Waals surface area contributed by atoms with Gasteiger partial charge in [-0.15, -0.1) is 12.4 Å². The van der Waals surface area contributed by atoms with Crippen LogP contribution in [0, 0.1) is 0 Å². The summed E-state index contributed by atoms with van der Waals surface area (Å²) in [7, 11) is -2.57. The van der Waals surface area contributed by atoms with Crippen LogP contribution in [-0.2, 0) is 14.8 Å². The Balaban J connectivity index is 0.00000392. The van der Waals surface area contributed by atoms with E-state index in [-0.39, 0.29) is 41.9 Å². The molecule has 0 radical (unpaired) electrons. The maximum absolute atomic E-state index is 12.8. The molecular weight excluding hydrogens is 406 g/mol. The first-order chi connectivity index (χ1) is 12.9. The average Bonchev–Trinajstić information content (AvgIpc) is 2.63. The average molecular weight is 430 g/mol. The number of benzene rings is 2. The molecule has 8 nitrogen and oxygen atoms in total. The Morgan fingerprint density at radius 1 is 1.11 bits per heavy atom. The number of sulfonamides is 1. The Morgan fingerprint density at radius 2 is 1.75 bits per heavy atom. The zero-order chi connectivity index (χ0) is 19.9. The highest BCUT2D eigenvalue weighted by Gasteiger charge is 2.21. The molecule has 0 aromatic heterocycles. The summed E-state index contributed by atoms with van der Waals surface area (Å²) in [4.78, 5) is 11.6. The van der Waals surface area contributed by atoms with E-state index in [0.29, 0.717) is 23.7 Å². The number of hydrogen-bond donors (Lipinski definition) is 3. The third-order valence-corrected chi connectivity index (χ3v) is 4.93. The van der Waals surface area contributed by atoms with E-state index in [4.69, 9.17) is 15.2 Å². The predicted octanol–water partition coefficient (Wildman–Crippen LogP) is 2.60. The molecule has 0 bridgehead atoms. The van der Waals surface area contributed by atoms with Gasteiger partial charge in [0.25, 0.3) is 10.0 Å². The van der Waals surface area contributed by atoms with Gasteiger partial charge in [0.15, 0.2) is 0 Å². The zero-order valence-electron chi connectivity index (χ0n) is 15.6. The summed E-state index contributed by atoms with van der Waals surface area (Å²) in [5.74, 6) is 0.499. The maximum Gasteiger partial charge on any atom is 0.265 e. The van der Waals surface area contributed by atoms with Gasteiger partial charge in [-0.1, -0.05) is 0 Å². The van der Waals surface area contributed by atoms with E-state index in [1.54, 1.807) is 30.3 Å². The molecule has 0 atom stereocenters. The van der Waals surface area contributed by atoms with E-state index in [9.17, 15) is 13.2 Å². The van der Waals surface area contributed by atoms with Crippen molar-refractivity contribution in [1.82, 2.24) is 0 Å². The van der Waals surface area contributed by atoms with E-state index in [1.165, 1.54) is 19.2 Å². The molecule has 2 aromatic rings. The van der Waals surface area contributed by atoms with Crippen LogP contribution < -0.4 is 25.2 Å². The van der Waals surface area contributed by atoms with Crippen LogP contribution in [0.15, 0.2) is 47.4 Å². The second-order valence-corrected chi connectivity index (χ2v) is 7.17. The van der Waals surface area contributed by atoms with E-state index >= 15 is 0 Å². The van der Waals surface area contributed by atoms with Crippen LogP contribution in [0.1, 0.15) is 13.3 Å². The van der Waals surface area contributed by atoms with Crippen LogP contribution >= 0.6 is 12.4 Å². The summed E-state index contributed by atoms with van der Waals surface area (Å²) < 4.78 is 38.6. The van der Waals surface area contributed by atoms with Crippen molar-refractivity contribution >= 4 is 39.7 Å². The Morgan fingerprint density at radius 3 is 2.32 bits per heavy atom. The van der Waals surface area contributed by atoms with E-state index in [0.717, 1.165) is 0 Å². The first-order valence-corrected chi connectivity index (χ1v) is 9.81. The van der Waals surface area contributed by atoms with Gasteiger partial charge in [0.05, 0.1) is 13.7 Å². The van der Waals surface area contributed by atoms with Gasteiger partial charge in [0, 0.05) is 24.3 Å². The minimum Gasteiger partial charge on any atom is -0.495 e. The topological polar surface area (TPSA) is 120 Å². The molecule has 0 heterocycles. The molecule has 1 amide bonds. The molecule has 2 aromatic carbocycles. The number of rotatable bonds is 9. The fourth-order valence-corrected chi connectivity index (χ4v) is 3.57. The molecule has 2 rings (SSSR count). The fraction of sp³-hybridized carbons (Fsp3) is 0.278. The van der Waals surface area contributed by atoms with Gasteiger partial charge in [0.2, 0.25) is 5.91 Å². The smallest absolute Gasteiger partial charge is 0.265 e. The molecule has 0 spiro atoms. The lowest BCUT2D eigenvalue weighted by molar-refractivity contribution is -0.116. The van der Waals surface area contributed by atoms with Gasteiger partial charge in [0.1, 0.15) is 16.4 Å². The van der Waals surface area contributed by atoms with Crippen LogP contribution in [0.2, 0.25) is 0 Å². The Bertz CT molecular complexity index is 889. The molecule has 0 aliphatic rings. The number of amides is 1. The first-order valence-electron chi connectivity index (χ1n) is 8.33. The number of carbonyl (C=O) groups is 1. The molecule has 28 heavy (non-hydrogen) atoms. The van der Waals surface area contributed by atoms with Crippen LogP contribution in [0.3, 0.4) is 0 Å². The summed E-state index contributed by atoms with van der Waals surface area (Å²) in [6.45, 7) is 2.58. The normalized spacial score (nSPS) is 10.5. The van der Waals surface area contributed by atoms with Crippen molar-refractivity contribution < 1.29 is 22.7 Å². The monoisotopic (exact) mass is 429 g/mol. The Kier molecular flexibility index (Phi) is 9.04. The van der Waals surface area contributed by atoms with E-state index in [2.05, 4.69) is 10.0 Å². The third-order valence-electron chi connectivity index (χ3n) is 3.53. The fourth-order valence-electron chi connectivity index (χ4n) is 2.32. The van der Waals surface area contributed by atoms with Crippen LogP contribution in [-0.4, -0.2) is 34.6 Å². The van der Waals surface area contributed by atoms with E-state index < -0.39 is 10.0 Å². The number of methoxy groups -OCH3 is 1. The minimum absolute atomic E-state index is 0. The molecular formula is C18H24ClN3O5S. The van der Waals surface area contributed by atoms with Gasteiger partial charge in [-0.2, -0.15) is 0 Å². The number of nitrogens with two attached hydrogens (primary N) is 1. The lowest BCUT2D eigenvalue weighted by Crippen LogP contribution is -2.17. The van der Waals surface area contributed by atoms with Crippen molar-refractivity contribution in [3.63, 3.8) is 0 Å². The van der Waals surface area contributed by atoms with Gasteiger partial charge < -0.3 is 20.5 Å². The molecule has 154 valence electrons. The zero-order valence-corrected chi connectivity index (χ0v) is 17.2. The van der Waals surface area contributed by atoms with Crippen LogP contribution in [0.4, 0.5) is 11.4 Å². The van der Waals surface area contributed by atoms with Crippen LogP contribution in [0.5, 0.6) is 11.5 Å². The number of halogens is 1. The highest BCUT2D eigenvalue weighted by Crippen LogP contribution is 2.29. The summed E-state index contributed by atoms with van der Waals surface area (Å²) in [6.07, 6.45) is 0.137. The molecule has 0 saturated heterocycles. The van der Waals surface area contributed by atoms with E-state index in [1.807, 2.05) is 6.92 Å². The molecule has 4 N–H and O–H groups in total. The highest BCUT2D eigenvalue weighted by atomic mass is 35.5. The summed E-state index contributed by atoms with van der Waals surface area (Å²) in [5, 5.41) is 2.61. The Labute approximate surface area is 170 Å². The summed E-state index contributed by atoms with van der Waals surface area (Å²) in [5.41, 5.74) is 6.06. The molecule has 0 unspecified atom stereocenters. The van der Waals surface area contributed by atoms with Crippen molar-refractivity contribution in [2.45, 2.75) is 18.2 Å². The van der Waals surface area contributed by atoms with Gasteiger partial charge in [-0.25, -0.2) is 8.42 Å². The van der Waals surface area contributed by atoms with Crippen LogP contribution in [0.25, 0.3) is 0 Å². The highest BCUT2D eigenvalue weighted by molar-refractivity contribution is 7.92. The lowest BCUT2D eigenvalue weighted by atomic mass is 10.3. The minimum atomic E-state index is -3.94. The van der Waals surface area contributed by atoms with Crippen molar-refractivity contribution in [2.75, 3.05) is 30.3 Å². The van der Waals surface area contributed by atoms with Crippen molar-refractivity contribution in [2.24, 2.45) is 5.73 Å². The SMILES string of the molecule is CCOc1ccc(NS(=O)(=O)c2cc(NC(=O)CCN)ccc2OC)cc1.Cl. The van der Waals surface area contributed by atoms with Gasteiger partial charge in [-0.3, -0.25) is 9.52 Å². The second-order valence-electron chi connectivity index (χ2n) is 5.52. The maximum atomic E-state index is 12.8. The predicted molar refractivity (Wildman–Crippen MR) is 111 cm³/mol. The molecule has 0 saturated carbocycles. The third kappa shape index (κ3) is 6.29. The number of nitrogens with one attached hydrogen (secondary N) is 2. The van der Waals surface area contributed by atoms with Crippen molar-refractivity contribution in [3.05, 3.63) is 42.5 Å². The number of hydrogen-bond acceptors (Lipinski definition) is 6. The summed E-state index contributed by atoms with van der Waals surface area (Å²) in [6, 6.07) is 10.9. The lowest BCUT2D eigenvalue weighted by Gasteiger charge is -2.14. The standard InChI is InChI=1S/C18H23N3O5S.ClH/c1-3-26-15-7-4-13(5-8-15)21-27(23,24)17-12-14(6-9-16(17)25-2)20-18(22)10-11-19;/h4-9,12,21H,3,10-11,19H2,1-2H3,(H,20,22);1H. The Hall–Kier alpha value is -2.49. The van der Waals surface area contributed by atoms with Crippen molar-refractivity contribution in [3.8, 4) is 11.5 Å². The molecule has 10 heteroatoms. The van der Waals surface area contributed by atoms with Gasteiger partial charge >= 0.3 is 0 Å². The molecule has 0 aliphatic heterocycles. The largest absolute Gasteiger partial charge is 0.495 e. The number of ether oxygens (including phenoxy) is 2. The number of carbonyl (C=O) groups excluding carboxylic acids is 1. The van der Waals surface area contributed by atoms with Crippen molar-refractivity contribution in [1.29, 1.82) is 0 Å². The quantitative estimate of drug-likeness (QED) is 0.563. The first kappa shape index (κ1) is 23.5. The molecule has 0 fully saturated rings. The number of anilines is 2. The molecule has 0 aliphatic carbocycles. The summed E-state index contributed by atoms with van der Waals surface area (Å²) >= 11 is 0. The van der Waals surface area contributed by atoms with Gasteiger partial charge in [-0.05, 0) is 49.4 Å².